The molecule has 0 bridgehead atoms. The molecular weight excluding hydrogens is 347 g/mol. The Morgan fingerprint density at radius 3 is 2.48 bits per heavy atom. The summed E-state index contributed by atoms with van der Waals surface area (Å²) < 4.78 is 38.3. The zero-order valence-electron chi connectivity index (χ0n) is 14.0. The van der Waals surface area contributed by atoms with Gasteiger partial charge in [0.2, 0.25) is 0 Å². The summed E-state index contributed by atoms with van der Waals surface area (Å²) in [6.45, 7) is 5.53. The molecule has 2 aromatic carbocycles. The maximum Gasteiger partial charge on any atom is 0.416 e. The molecule has 0 saturated carbocycles. The Morgan fingerprint density at radius 2 is 1.80 bits per heavy atom. The van der Waals surface area contributed by atoms with Crippen LogP contribution in [0.2, 0.25) is 0 Å². The van der Waals surface area contributed by atoms with Crippen molar-refractivity contribution < 1.29 is 13.2 Å². The summed E-state index contributed by atoms with van der Waals surface area (Å²) in [4.78, 5) is 0. The number of thiocarbonyl (C=S) groups is 1. The standard InChI is InChI=1S/C18H18F3N3S/c1-11-7-8-12(2)16(9-11)22-17(25)24-23-13(3)14-5-4-6-15(10-14)18(19,20)21/h4-10H,1-3H3,(H2,22,24,25)/b23-13+. The SMILES string of the molecule is C/C(=N\NC(=S)Nc1cc(C)ccc1C)c1cccc(C(F)(F)F)c1. The lowest BCUT2D eigenvalue weighted by atomic mass is 10.1. The molecule has 2 N–H and O–H groups in total. The zero-order valence-corrected chi connectivity index (χ0v) is 14.8. The molecule has 0 amide bonds. The minimum Gasteiger partial charge on any atom is -0.331 e. The molecule has 0 radical (unpaired) electrons. The Morgan fingerprint density at radius 1 is 1.08 bits per heavy atom. The van der Waals surface area contributed by atoms with Gasteiger partial charge in [-0.15, -0.1) is 0 Å². The van der Waals surface area contributed by atoms with Crippen LogP contribution in [0.15, 0.2) is 47.6 Å². The van der Waals surface area contributed by atoms with Crippen molar-refractivity contribution in [1.29, 1.82) is 0 Å². The predicted molar refractivity (Wildman–Crippen MR) is 98.9 cm³/mol. The third-order valence-corrected chi connectivity index (χ3v) is 3.77. The highest BCUT2D eigenvalue weighted by Crippen LogP contribution is 2.29. The summed E-state index contributed by atoms with van der Waals surface area (Å²) in [5.41, 5.74) is 5.68. The first kappa shape index (κ1) is 18.9. The third kappa shape index (κ3) is 5.29. The van der Waals surface area contributed by atoms with Crippen LogP contribution in [0.4, 0.5) is 18.9 Å². The number of anilines is 1. The quantitative estimate of drug-likeness (QED) is 0.455. The summed E-state index contributed by atoms with van der Waals surface area (Å²) >= 11 is 5.18. The van der Waals surface area contributed by atoms with E-state index >= 15 is 0 Å². The van der Waals surface area contributed by atoms with Crippen LogP contribution in [0, 0.1) is 13.8 Å². The van der Waals surface area contributed by atoms with Gasteiger partial charge in [-0.05, 0) is 67.9 Å². The average molecular weight is 365 g/mol. The molecule has 3 nitrogen and oxygen atoms in total. The summed E-state index contributed by atoms with van der Waals surface area (Å²) in [6.07, 6.45) is -4.39. The number of nitrogens with zero attached hydrogens (tertiary/aromatic N) is 1. The summed E-state index contributed by atoms with van der Waals surface area (Å²) in [7, 11) is 0. The molecule has 0 unspecified atom stereocenters. The lowest BCUT2D eigenvalue weighted by Gasteiger charge is -2.12. The molecule has 0 aliphatic rings. The van der Waals surface area contributed by atoms with Gasteiger partial charge in [0, 0.05) is 5.69 Å². The third-order valence-electron chi connectivity index (χ3n) is 3.57. The normalized spacial score (nSPS) is 12.0. The number of hydrogen-bond acceptors (Lipinski definition) is 2. The van der Waals surface area contributed by atoms with Crippen LogP contribution in [0.1, 0.15) is 29.2 Å². The second-order valence-electron chi connectivity index (χ2n) is 5.66. The number of halogens is 3. The molecule has 132 valence electrons. The minimum atomic E-state index is -4.39. The van der Waals surface area contributed by atoms with Crippen molar-refractivity contribution >= 4 is 28.7 Å². The van der Waals surface area contributed by atoms with Gasteiger partial charge in [0.25, 0.3) is 0 Å². The molecule has 0 spiro atoms. The fraction of sp³-hybridized carbons (Fsp3) is 0.222. The van der Waals surface area contributed by atoms with E-state index in [2.05, 4.69) is 15.8 Å². The smallest absolute Gasteiger partial charge is 0.331 e. The van der Waals surface area contributed by atoms with E-state index in [9.17, 15) is 13.2 Å². The molecule has 2 rings (SSSR count). The first-order valence-electron chi connectivity index (χ1n) is 7.53. The summed E-state index contributed by atoms with van der Waals surface area (Å²) in [5.74, 6) is 0. The number of benzene rings is 2. The second-order valence-corrected chi connectivity index (χ2v) is 6.07. The number of aryl methyl sites for hydroxylation is 2. The fourth-order valence-corrected chi connectivity index (χ4v) is 2.30. The van der Waals surface area contributed by atoms with Crippen LogP contribution in [0.25, 0.3) is 0 Å². The van der Waals surface area contributed by atoms with E-state index in [1.807, 2.05) is 32.0 Å². The van der Waals surface area contributed by atoms with E-state index in [0.29, 0.717) is 11.3 Å². The average Bonchev–Trinajstić information content (AvgIpc) is 2.55. The number of nitrogens with one attached hydrogen (secondary N) is 2. The molecule has 0 saturated heterocycles. The van der Waals surface area contributed by atoms with E-state index in [1.54, 1.807) is 13.0 Å². The highest BCUT2D eigenvalue weighted by molar-refractivity contribution is 7.80. The highest BCUT2D eigenvalue weighted by Gasteiger charge is 2.30. The van der Waals surface area contributed by atoms with Crippen molar-refractivity contribution in [3.05, 3.63) is 64.7 Å². The van der Waals surface area contributed by atoms with Crippen LogP contribution in [0.3, 0.4) is 0 Å². The molecule has 2 aromatic rings. The van der Waals surface area contributed by atoms with Gasteiger partial charge in [-0.3, -0.25) is 5.43 Å². The second kappa shape index (κ2) is 7.65. The van der Waals surface area contributed by atoms with Crippen LogP contribution < -0.4 is 10.7 Å². The first-order chi connectivity index (χ1) is 11.7. The summed E-state index contributed by atoms with van der Waals surface area (Å²) in [6, 6.07) is 10.9. The van der Waals surface area contributed by atoms with E-state index < -0.39 is 11.7 Å². The predicted octanol–water partition coefficient (Wildman–Crippen LogP) is 5.03. The molecular formula is C18H18F3N3S. The number of hydrogen-bond donors (Lipinski definition) is 2. The fourth-order valence-electron chi connectivity index (χ4n) is 2.14. The first-order valence-corrected chi connectivity index (χ1v) is 7.94. The van der Waals surface area contributed by atoms with Gasteiger partial charge in [-0.25, -0.2) is 0 Å². The van der Waals surface area contributed by atoms with Crippen molar-refractivity contribution in [2.75, 3.05) is 5.32 Å². The molecule has 0 heterocycles. The monoisotopic (exact) mass is 365 g/mol. The number of hydrazone groups is 1. The number of rotatable bonds is 3. The van der Waals surface area contributed by atoms with Gasteiger partial charge in [-0.1, -0.05) is 24.3 Å². The minimum absolute atomic E-state index is 0.264. The Labute approximate surface area is 149 Å². The zero-order chi connectivity index (χ0) is 18.6. The Bertz CT molecular complexity index is 813. The Kier molecular flexibility index (Phi) is 5.79. The molecule has 0 aliphatic heterocycles. The lowest BCUT2D eigenvalue weighted by Crippen LogP contribution is -2.25. The van der Waals surface area contributed by atoms with Gasteiger partial charge in [0.15, 0.2) is 5.11 Å². The Balaban J connectivity index is 2.08. The van der Waals surface area contributed by atoms with E-state index in [0.717, 1.165) is 28.9 Å². The van der Waals surface area contributed by atoms with Crippen molar-refractivity contribution in [2.24, 2.45) is 5.10 Å². The molecule has 0 aromatic heterocycles. The molecule has 0 atom stereocenters. The van der Waals surface area contributed by atoms with Crippen LogP contribution in [-0.2, 0) is 6.18 Å². The van der Waals surface area contributed by atoms with E-state index in [4.69, 9.17) is 12.2 Å². The lowest BCUT2D eigenvalue weighted by molar-refractivity contribution is -0.137. The largest absolute Gasteiger partial charge is 0.416 e. The van der Waals surface area contributed by atoms with Crippen molar-refractivity contribution in [3.8, 4) is 0 Å². The maximum atomic E-state index is 12.8. The van der Waals surface area contributed by atoms with E-state index in [-0.39, 0.29) is 5.11 Å². The van der Waals surface area contributed by atoms with Gasteiger partial charge in [0.1, 0.15) is 0 Å². The van der Waals surface area contributed by atoms with E-state index in [1.165, 1.54) is 6.07 Å². The Hall–Kier alpha value is -2.41. The van der Waals surface area contributed by atoms with Crippen LogP contribution in [0.5, 0.6) is 0 Å². The number of alkyl halides is 3. The van der Waals surface area contributed by atoms with Crippen molar-refractivity contribution in [1.82, 2.24) is 5.43 Å². The van der Waals surface area contributed by atoms with Gasteiger partial charge in [-0.2, -0.15) is 18.3 Å². The van der Waals surface area contributed by atoms with Crippen LogP contribution >= 0.6 is 12.2 Å². The topological polar surface area (TPSA) is 36.4 Å². The van der Waals surface area contributed by atoms with Gasteiger partial charge < -0.3 is 5.32 Å². The van der Waals surface area contributed by atoms with Crippen LogP contribution in [-0.4, -0.2) is 10.8 Å². The maximum absolute atomic E-state index is 12.8. The van der Waals surface area contributed by atoms with Crippen molar-refractivity contribution in [2.45, 2.75) is 26.9 Å². The molecule has 25 heavy (non-hydrogen) atoms. The van der Waals surface area contributed by atoms with Gasteiger partial charge in [0.05, 0.1) is 11.3 Å². The highest BCUT2D eigenvalue weighted by atomic mass is 32.1. The molecule has 0 fully saturated rings. The summed E-state index contributed by atoms with van der Waals surface area (Å²) in [5, 5.41) is 7.35. The van der Waals surface area contributed by atoms with Crippen molar-refractivity contribution in [3.63, 3.8) is 0 Å². The molecule has 7 heteroatoms. The van der Waals surface area contributed by atoms with Gasteiger partial charge >= 0.3 is 6.18 Å². The molecule has 0 aliphatic carbocycles.